The summed E-state index contributed by atoms with van der Waals surface area (Å²) in [6, 6.07) is 12.3. The van der Waals surface area contributed by atoms with E-state index in [0.717, 1.165) is 12.1 Å². The zero-order valence-corrected chi connectivity index (χ0v) is 10.8. The van der Waals surface area contributed by atoms with Crippen LogP contribution in [0, 0.1) is 5.82 Å². The minimum absolute atomic E-state index is 0.0524. The molecule has 0 aromatic heterocycles. The van der Waals surface area contributed by atoms with Gasteiger partial charge in [-0.25, -0.2) is 12.8 Å². The first kappa shape index (κ1) is 13.4. The number of rotatable bonds is 4. The van der Waals surface area contributed by atoms with Gasteiger partial charge in [0.1, 0.15) is 5.82 Å². The van der Waals surface area contributed by atoms with Crippen LogP contribution in [0.1, 0.15) is 5.56 Å². The Balaban J connectivity index is 2.17. The van der Waals surface area contributed by atoms with Gasteiger partial charge in [0.2, 0.25) is 10.0 Å². The van der Waals surface area contributed by atoms with E-state index in [-0.39, 0.29) is 17.1 Å². The standard InChI is InChI=1S/C13H13FN2O2S/c14-11-6-7-13(12(15)8-11)16-19(17,18)9-10-4-2-1-3-5-10/h1-8,16H,9,15H2. The maximum atomic E-state index is 12.9. The summed E-state index contributed by atoms with van der Waals surface area (Å²) in [5.41, 5.74) is 6.45. The Hall–Kier alpha value is -2.08. The molecule has 0 aliphatic heterocycles. The molecule has 0 spiro atoms. The Bertz CT molecular complexity index is 672. The molecule has 19 heavy (non-hydrogen) atoms. The molecular weight excluding hydrogens is 267 g/mol. The Morgan fingerprint density at radius 2 is 1.79 bits per heavy atom. The molecule has 3 N–H and O–H groups in total. The Labute approximate surface area is 111 Å². The van der Waals surface area contributed by atoms with Crippen LogP contribution in [-0.2, 0) is 15.8 Å². The topological polar surface area (TPSA) is 72.2 Å². The van der Waals surface area contributed by atoms with E-state index in [1.54, 1.807) is 24.3 Å². The molecule has 0 unspecified atom stereocenters. The second-order valence-corrected chi connectivity index (χ2v) is 5.80. The van der Waals surface area contributed by atoms with Crippen LogP contribution in [0.25, 0.3) is 0 Å². The molecular formula is C13H13FN2O2S. The molecule has 0 saturated heterocycles. The van der Waals surface area contributed by atoms with Crippen LogP contribution >= 0.6 is 0 Å². The van der Waals surface area contributed by atoms with Crippen LogP contribution in [0.3, 0.4) is 0 Å². The van der Waals surface area contributed by atoms with E-state index in [2.05, 4.69) is 4.72 Å². The molecule has 2 aromatic rings. The van der Waals surface area contributed by atoms with Gasteiger partial charge in [-0.3, -0.25) is 4.72 Å². The van der Waals surface area contributed by atoms with Crippen molar-refractivity contribution in [3.63, 3.8) is 0 Å². The summed E-state index contributed by atoms with van der Waals surface area (Å²) >= 11 is 0. The van der Waals surface area contributed by atoms with Crippen molar-refractivity contribution >= 4 is 21.4 Å². The summed E-state index contributed by atoms with van der Waals surface area (Å²) in [5, 5.41) is 0. The Morgan fingerprint density at radius 1 is 1.11 bits per heavy atom. The summed E-state index contributed by atoms with van der Waals surface area (Å²) in [7, 11) is -3.58. The van der Waals surface area contributed by atoms with Gasteiger partial charge < -0.3 is 5.73 Å². The van der Waals surface area contributed by atoms with Crippen molar-refractivity contribution in [3.8, 4) is 0 Å². The molecule has 6 heteroatoms. The predicted octanol–water partition coefficient (Wildman–Crippen LogP) is 2.35. The minimum Gasteiger partial charge on any atom is -0.397 e. The summed E-state index contributed by atoms with van der Waals surface area (Å²) < 4.78 is 39.1. The molecule has 0 atom stereocenters. The highest BCUT2D eigenvalue weighted by Gasteiger charge is 2.13. The van der Waals surface area contributed by atoms with Crippen molar-refractivity contribution in [3.05, 3.63) is 59.9 Å². The minimum atomic E-state index is -3.58. The van der Waals surface area contributed by atoms with E-state index in [1.807, 2.05) is 6.07 Å². The molecule has 0 bridgehead atoms. The maximum Gasteiger partial charge on any atom is 0.236 e. The summed E-state index contributed by atoms with van der Waals surface area (Å²) in [6.07, 6.45) is 0. The smallest absolute Gasteiger partial charge is 0.236 e. The largest absolute Gasteiger partial charge is 0.397 e. The van der Waals surface area contributed by atoms with Gasteiger partial charge in [-0.05, 0) is 23.8 Å². The van der Waals surface area contributed by atoms with Gasteiger partial charge in [0.15, 0.2) is 0 Å². The lowest BCUT2D eigenvalue weighted by atomic mass is 10.2. The van der Waals surface area contributed by atoms with Gasteiger partial charge in [0.25, 0.3) is 0 Å². The third kappa shape index (κ3) is 3.69. The lowest BCUT2D eigenvalue weighted by Gasteiger charge is -2.10. The molecule has 100 valence electrons. The summed E-state index contributed by atoms with van der Waals surface area (Å²) in [4.78, 5) is 0. The molecule has 2 aromatic carbocycles. The molecule has 0 amide bonds. The SMILES string of the molecule is Nc1cc(F)ccc1NS(=O)(=O)Cc1ccccc1. The van der Waals surface area contributed by atoms with Gasteiger partial charge in [0.05, 0.1) is 17.1 Å². The average molecular weight is 280 g/mol. The zero-order chi connectivity index (χ0) is 13.9. The van der Waals surface area contributed by atoms with Crippen LogP contribution in [0.5, 0.6) is 0 Å². The maximum absolute atomic E-state index is 12.9. The Kier molecular flexibility index (Phi) is 3.71. The molecule has 0 heterocycles. The average Bonchev–Trinajstić information content (AvgIpc) is 2.33. The lowest BCUT2D eigenvalue weighted by Crippen LogP contribution is -2.16. The second-order valence-electron chi connectivity index (χ2n) is 4.08. The quantitative estimate of drug-likeness (QED) is 0.844. The highest BCUT2D eigenvalue weighted by molar-refractivity contribution is 7.91. The van der Waals surface area contributed by atoms with Crippen LogP contribution in [-0.4, -0.2) is 8.42 Å². The monoisotopic (exact) mass is 280 g/mol. The van der Waals surface area contributed by atoms with Crippen LogP contribution in [0.15, 0.2) is 48.5 Å². The van der Waals surface area contributed by atoms with E-state index >= 15 is 0 Å². The Morgan fingerprint density at radius 3 is 2.42 bits per heavy atom. The molecule has 0 radical (unpaired) electrons. The van der Waals surface area contributed by atoms with E-state index in [0.29, 0.717) is 5.56 Å². The molecule has 2 rings (SSSR count). The highest BCUT2D eigenvalue weighted by Crippen LogP contribution is 2.21. The highest BCUT2D eigenvalue weighted by atomic mass is 32.2. The first-order valence-corrected chi connectivity index (χ1v) is 7.21. The lowest BCUT2D eigenvalue weighted by molar-refractivity contribution is 0.600. The number of anilines is 2. The molecule has 0 fully saturated rings. The van der Waals surface area contributed by atoms with Crippen molar-refractivity contribution in [1.29, 1.82) is 0 Å². The number of nitrogens with one attached hydrogen (secondary N) is 1. The van der Waals surface area contributed by atoms with Crippen molar-refractivity contribution in [1.82, 2.24) is 0 Å². The van der Waals surface area contributed by atoms with Gasteiger partial charge >= 0.3 is 0 Å². The van der Waals surface area contributed by atoms with E-state index in [1.165, 1.54) is 6.07 Å². The zero-order valence-electron chi connectivity index (χ0n) is 10.0. The van der Waals surface area contributed by atoms with Crippen molar-refractivity contribution in [2.24, 2.45) is 0 Å². The van der Waals surface area contributed by atoms with Gasteiger partial charge in [0, 0.05) is 0 Å². The number of hydrogen-bond donors (Lipinski definition) is 2. The fourth-order valence-corrected chi connectivity index (χ4v) is 2.85. The normalized spacial score (nSPS) is 11.2. The number of nitrogens with two attached hydrogens (primary N) is 1. The van der Waals surface area contributed by atoms with Gasteiger partial charge in [-0.2, -0.15) is 0 Å². The molecule has 0 aliphatic rings. The predicted molar refractivity (Wildman–Crippen MR) is 73.5 cm³/mol. The number of hydrogen-bond acceptors (Lipinski definition) is 3. The second kappa shape index (κ2) is 5.27. The van der Waals surface area contributed by atoms with Crippen LogP contribution in [0.4, 0.5) is 15.8 Å². The van der Waals surface area contributed by atoms with Crippen LogP contribution < -0.4 is 10.5 Å². The van der Waals surface area contributed by atoms with Gasteiger partial charge in [-0.1, -0.05) is 30.3 Å². The van der Waals surface area contributed by atoms with Gasteiger partial charge in [-0.15, -0.1) is 0 Å². The van der Waals surface area contributed by atoms with Crippen LogP contribution in [0.2, 0.25) is 0 Å². The van der Waals surface area contributed by atoms with Crippen molar-refractivity contribution in [2.45, 2.75) is 5.75 Å². The number of sulfonamides is 1. The van der Waals surface area contributed by atoms with Crippen molar-refractivity contribution < 1.29 is 12.8 Å². The first-order chi connectivity index (χ1) is 8.96. The van der Waals surface area contributed by atoms with Crippen molar-refractivity contribution in [2.75, 3.05) is 10.5 Å². The molecule has 0 saturated carbocycles. The summed E-state index contributed by atoms with van der Waals surface area (Å²) in [6.45, 7) is 0. The number of benzene rings is 2. The first-order valence-electron chi connectivity index (χ1n) is 5.56. The third-order valence-electron chi connectivity index (χ3n) is 2.48. The van der Waals surface area contributed by atoms with E-state index in [4.69, 9.17) is 5.73 Å². The third-order valence-corrected chi connectivity index (χ3v) is 3.72. The van der Waals surface area contributed by atoms with E-state index < -0.39 is 15.8 Å². The fraction of sp³-hybridized carbons (Fsp3) is 0.0769. The molecule has 0 aliphatic carbocycles. The number of nitrogen functional groups attached to an aromatic ring is 1. The number of halogens is 1. The van der Waals surface area contributed by atoms with E-state index in [9.17, 15) is 12.8 Å². The summed E-state index contributed by atoms with van der Waals surface area (Å²) in [5.74, 6) is -0.673. The molecule has 4 nitrogen and oxygen atoms in total. The fourth-order valence-electron chi connectivity index (χ4n) is 1.62.